The number of nitrogens with two attached hydrogens (primary N) is 1. The van der Waals surface area contributed by atoms with E-state index in [4.69, 9.17) is 10.7 Å². The largest absolute Gasteiger partial charge is 0.341 e. The molecule has 2 aromatic heterocycles. The van der Waals surface area contributed by atoms with E-state index in [-0.39, 0.29) is 6.04 Å². The van der Waals surface area contributed by atoms with Crippen molar-refractivity contribution in [3.8, 4) is 0 Å². The maximum absolute atomic E-state index is 5.66. The van der Waals surface area contributed by atoms with Gasteiger partial charge in [0.2, 0.25) is 0 Å². The minimum atomic E-state index is 0.234. The molecule has 24 heavy (non-hydrogen) atoms. The quantitative estimate of drug-likeness (QED) is 0.624. The lowest BCUT2D eigenvalue weighted by molar-refractivity contribution is 0.190. The van der Waals surface area contributed by atoms with Gasteiger partial charge in [0, 0.05) is 12.2 Å². The molecular formula is C19H25N5. The second kappa shape index (κ2) is 8.04. The second-order valence-corrected chi connectivity index (χ2v) is 6.10. The number of fused-ring (bicyclic) bond motifs is 1. The number of imidazole rings is 1. The van der Waals surface area contributed by atoms with Gasteiger partial charge in [-0.25, -0.2) is 4.98 Å². The molecule has 126 valence electrons. The lowest BCUT2D eigenvalue weighted by Gasteiger charge is -2.28. The van der Waals surface area contributed by atoms with Crippen LogP contribution in [0.4, 0.5) is 0 Å². The predicted molar refractivity (Wildman–Crippen MR) is 97.4 cm³/mol. The van der Waals surface area contributed by atoms with Gasteiger partial charge >= 0.3 is 0 Å². The smallest absolute Gasteiger partial charge is 0.121 e. The standard InChI is InChI=1S/C19H25N5/c1-15(16-8-4-6-12-21-16)24(13-7-5-11-20)14-19-22-17-9-2-3-10-18(17)23-19/h2-4,6,8-10,12,15H,5,7,11,13-14,20H2,1H3,(H,22,23)/t15-/m0/s1. The molecule has 0 spiro atoms. The van der Waals surface area contributed by atoms with E-state index in [1.54, 1.807) is 0 Å². The van der Waals surface area contributed by atoms with Gasteiger partial charge in [-0.15, -0.1) is 0 Å². The van der Waals surface area contributed by atoms with Gasteiger partial charge in [-0.1, -0.05) is 18.2 Å². The number of nitrogens with one attached hydrogen (secondary N) is 1. The Morgan fingerprint density at radius 3 is 2.71 bits per heavy atom. The zero-order valence-electron chi connectivity index (χ0n) is 14.2. The van der Waals surface area contributed by atoms with Gasteiger partial charge in [-0.3, -0.25) is 9.88 Å². The van der Waals surface area contributed by atoms with Crippen LogP contribution in [0.5, 0.6) is 0 Å². The van der Waals surface area contributed by atoms with Crippen molar-refractivity contribution in [1.29, 1.82) is 0 Å². The number of aromatic amines is 1. The molecule has 0 saturated heterocycles. The molecule has 0 amide bonds. The van der Waals surface area contributed by atoms with Crippen LogP contribution in [0.3, 0.4) is 0 Å². The van der Waals surface area contributed by atoms with Crippen molar-refractivity contribution in [2.45, 2.75) is 32.4 Å². The first kappa shape index (κ1) is 16.6. The lowest BCUT2D eigenvalue weighted by atomic mass is 10.1. The van der Waals surface area contributed by atoms with E-state index in [0.717, 1.165) is 55.0 Å². The van der Waals surface area contributed by atoms with E-state index in [2.05, 4.69) is 33.9 Å². The normalized spacial score (nSPS) is 12.8. The first-order valence-corrected chi connectivity index (χ1v) is 8.56. The van der Waals surface area contributed by atoms with Crippen LogP contribution in [0.1, 0.15) is 37.3 Å². The summed E-state index contributed by atoms with van der Waals surface area (Å²) in [5.74, 6) is 0.992. The number of para-hydroxylation sites is 2. The minimum Gasteiger partial charge on any atom is -0.341 e. The van der Waals surface area contributed by atoms with Crippen molar-refractivity contribution < 1.29 is 0 Å². The molecule has 3 N–H and O–H groups in total. The highest BCUT2D eigenvalue weighted by atomic mass is 15.2. The number of nitrogens with zero attached hydrogens (tertiary/aromatic N) is 3. The molecule has 2 heterocycles. The molecule has 3 rings (SSSR count). The molecule has 0 fully saturated rings. The van der Waals surface area contributed by atoms with E-state index >= 15 is 0 Å². The number of hydrogen-bond donors (Lipinski definition) is 2. The SMILES string of the molecule is C[C@@H](c1ccccn1)N(CCCCN)Cc1nc2ccccc2[nH]1. The number of pyridine rings is 1. The van der Waals surface area contributed by atoms with Crippen LogP contribution in [0, 0.1) is 0 Å². The summed E-state index contributed by atoms with van der Waals surface area (Å²) in [7, 11) is 0. The minimum absolute atomic E-state index is 0.234. The van der Waals surface area contributed by atoms with Crippen LogP contribution in [-0.4, -0.2) is 32.9 Å². The molecule has 0 radical (unpaired) electrons. The first-order valence-electron chi connectivity index (χ1n) is 8.56. The Hall–Kier alpha value is -2.24. The summed E-state index contributed by atoms with van der Waals surface area (Å²) < 4.78 is 0. The molecule has 1 atom stereocenters. The number of rotatable bonds is 8. The van der Waals surface area contributed by atoms with E-state index in [0.29, 0.717) is 0 Å². The number of hydrogen-bond acceptors (Lipinski definition) is 4. The third kappa shape index (κ3) is 3.99. The average molecular weight is 323 g/mol. The fourth-order valence-electron chi connectivity index (χ4n) is 2.95. The number of benzene rings is 1. The number of H-pyrrole nitrogens is 1. The van der Waals surface area contributed by atoms with Gasteiger partial charge in [0.05, 0.1) is 23.3 Å². The molecule has 0 aliphatic heterocycles. The molecule has 0 unspecified atom stereocenters. The predicted octanol–water partition coefficient (Wildman–Crippen LogP) is 3.26. The third-order valence-electron chi connectivity index (χ3n) is 4.35. The Labute approximate surface area is 142 Å². The first-order chi connectivity index (χ1) is 11.8. The van der Waals surface area contributed by atoms with Crippen LogP contribution in [-0.2, 0) is 6.54 Å². The zero-order chi connectivity index (χ0) is 16.8. The zero-order valence-corrected chi connectivity index (χ0v) is 14.2. The molecule has 3 aromatic rings. The summed E-state index contributed by atoms with van der Waals surface area (Å²) >= 11 is 0. The van der Waals surface area contributed by atoms with Crippen LogP contribution >= 0.6 is 0 Å². The lowest BCUT2D eigenvalue weighted by Crippen LogP contribution is -2.29. The Bertz CT molecular complexity index is 720. The van der Waals surface area contributed by atoms with Crippen molar-refractivity contribution in [2.24, 2.45) is 5.73 Å². The van der Waals surface area contributed by atoms with Crippen molar-refractivity contribution in [1.82, 2.24) is 19.9 Å². The number of aromatic nitrogens is 3. The van der Waals surface area contributed by atoms with Gasteiger partial charge in [-0.05, 0) is 57.1 Å². The van der Waals surface area contributed by atoms with Gasteiger partial charge in [-0.2, -0.15) is 0 Å². The highest BCUT2D eigenvalue weighted by molar-refractivity contribution is 5.74. The summed E-state index contributed by atoms with van der Waals surface area (Å²) in [5, 5.41) is 0. The van der Waals surface area contributed by atoms with E-state index in [1.807, 2.05) is 36.5 Å². The van der Waals surface area contributed by atoms with Crippen LogP contribution in [0.25, 0.3) is 11.0 Å². The summed E-state index contributed by atoms with van der Waals surface area (Å²) in [5.41, 5.74) is 8.84. The van der Waals surface area contributed by atoms with Gasteiger partial charge in [0.1, 0.15) is 5.82 Å². The highest BCUT2D eigenvalue weighted by Crippen LogP contribution is 2.21. The maximum Gasteiger partial charge on any atom is 0.121 e. The van der Waals surface area contributed by atoms with Crippen LogP contribution in [0.15, 0.2) is 48.7 Å². The van der Waals surface area contributed by atoms with Crippen molar-refractivity contribution in [3.63, 3.8) is 0 Å². The Morgan fingerprint density at radius 1 is 1.12 bits per heavy atom. The summed E-state index contributed by atoms with van der Waals surface area (Å²) in [6.07, 6.45) is 3.96. The van der Waals surface area contributed by atoms with Crippen molar-refractivity contribution in [2.75, 3.05) is 13.1 Å². The van der Waals surface area contributed by atoms with Crippen LogP contribution in [0.2, 0.25) is 0 Å². The molecule has 5 nitrogen and oxygen atoms in total. The Balaban J connectivity index is 1.78. The average Bonchev–Trinajstić information content (AvgIpc) is 3.03. The van der Waals surface area contributed by atoms with Crippen LogP contribution < -0.4 is 5.73 Å². The molecule has 0 aliphatic rings. The molecule has 5 heteroatoms. The van der Waals surface area contributed by atoms with E-state index < -0.39 is 0 Å². The molecule has 0 aliphatic carbocycles. The highest BCUT2D eigenvalue weighted by Gasteiger charge is 2.18. The van der Waals surface area contributed by atoms with Gasteiger partial charge in [0.15, 0.2) is 0 Å². The van der Waals surface area contributed by atoms with Crippen molar-refractivity contribution in [3.05, 3.63) is 60.2 Å². The van der Waals surface area contributed by atoms with Gasteiger partial charge in [0.25, 0.3) is 0 Å². The monoisotopic (exact) mass is 323 g/mol. The molecule has 1 aromatic carbocycles. The Kier molecular flexibility index (Phi) is 5.56. The maximum atomic E-state index is 5.66. The fraction of sp³-hybridized carbons (Fsp3) is 0.368. The van der Waals surface area contributed by atoms with Gasteiger partial charge < -0.3 is 10.7 Å². The topological polar surface area (TPSA) is 70.8 Å². The molecule has 0 saturated carbocycles. The van der Waals surface area contributed by atoms with E-state index in [9.17, 15) is 0 Å². The van der Waals surface area contributed by atoms with Crippen molar-refractivity contribution >= 4 is 11.0 Å². The number of unbranched alkanes of at least 4 members (excludes halogenated alkanes) is 1. The van der Waals surface area contributed by atoms with E-state index in [1.165, 1.54) is 0 Å². The fourth-order valence-corrected chi connectivity index (χ4v) is 2.95. The Morgan fingerprint density at radius 2 is 1.96 bits per heavy atom. The summed E-state index contributed by atoms with van der Waals surface area (Å²) in [6.45, 7) is 4.69. The molecule has 0 bridgehead atoms. The third-order valence-corrected chi connectivity index (χ3v) is 4.35. The second-order valence-electron chi connectivity index (χ2n) is 6.10. The molecular weight excluding hydrogens is 298 g/mol. The summed E-state index contributed by atoms with van der Waals surface area (Å²) in [6, 6.07) is 14.5. The summed E-state index contributed by atoms with van der Waals surface area (Å²) in [4.78, 5) is 15.1.